The van der Waals surface area contributed by atoms with Crippen molar-refractivity contribution in [3.8, 4) is 0 Å². The molecule has 0 amide bonds. The van der Waals surface area contributed by atoms with Crippen molar-refractivity contribution < 1.29 is 9.16 Å². The van der Waals surface area contributed by atoms with Crippen molar-refractivity contribution >= 4 is 9.04 Å². The summed E-state index contributed by atoms with van der Waals surface area (Å²) in [5, 5.41) is 0. The Morgan fingerprint density at radius 2 is 1.67 bits per heavy atom. The molecule has 0 aromatic heterocycles. The number of hydrogen-bond donors (Lipinski definition) is 0. The summed E-state index contributed by atoms with van der Waals surface area (Å²) in [5.41, 5.74) is 0. The van der Waals surface area contributed by atoms with Crippen molar-refractivity contribution in [2.75, 3.05) is 19.8 Å². The van der Waals surface area contributed by atoms with Crippen LogP contribution in [0.3, 0.4) is 0 Å². The SMILES string of the molecule is CCOCCCO[SiH](CC)CC. The second-order valence-electron chi connectivity index (χ2n) is 2.86. The molecule has 3 heteroatoms. The molecule has 0 heterocycles. The monoisotopic (exact) mass is 190 g/mol. The van der Waals surface area contributed by atoms with Gasteiger partial charge in [-0.3, -0.25) is 0 Å². The molecule has 74 valence electrons. The van der Waals surface area contributed by atoms with Crippen LogP contribution in [0, 0.1) is 0 Å². The molecule has 0 aromatic carbocycles. The second-order valence-corrected chi connectivity index (χ2v) is 6.07. The van der Waals surface area contributed by atoms with Crippen LogP contribution in [0.2, 0.25) is 12.1 Å². The first-order valence-corrected chi connectivity index (χ1v) is 7.14. The predicted octanol–water partition coefficient (Wildman–Crippen LogP) is 2.19. The van der Waals surface area contributed by atoms with Crippen LogP contribution in [-0.4, -0.2) is 28.9 Å². The summed E-state index contributed by atoms with van der Waals surface area (Å²) < 4.78 is 11.0. The van der Waals surface area contributed by atoms with E-state index in [0.717, 1.165) is 26.2 Å². The quantitative estimate of drug-likeness (QED) is 0.431. The first kappa shape index (κ1) is 12.1. The van der Waals surface area contributed by atoms with Crippen molar-refractivity contribution in [3.63, 3.8) is 0 Å². The van der Waals surface area contributed by atoms with Gasteiger partial charge in [0.2, 0.25) is 0 Å². The van der Waals surface area contributed by atoms with E-state index in [0.29, 0.717) is 0 Å². The summed E-state index contributed by atoms with van der Waals surface area (Å²) >= 11 is 0. The predicted molar refractivity (Wildman–Crippen MR) is 55.2 cm³/mol. The van der Waals surface area contributed by atoms with E-state index in [2.05, 4.69) is 13.8 Å². The number of rotatable bonds is 8. The molecule has 0 atom stereocenters. The first-order chi connectivity index (χ1) is 5.85. The molecule has 0 spiro atoms. The van der Waals surface area contributed by atoms with E-state index in [1.54, 1.807) is 0 Å². The van der Waals surface area contributed by atoms with E-state index in [1.807, 2.05) is 6.92 Å². The lowest BCUT2D eigenvalue weighted by Crippen LogP contribution is -2.16. The van der Waals surface area contributed by atoms with Crippen LogP contribution in [0.4, 0.5) is 0 Å². The fourth-order valence-electron chi connectivity index (χ4n) is 1.08. The lowest BCUT2D eigenvalue weighted by atomic mass is 10.5. The average Bonchev–Trinajstić information content (AvgIpc) is 2.11. The van der Waals surface area contributed by atoms with Gasteiger partial charge in [-0.25, -0.2) is 0 Å². The molecule has 0 bridgehead atoms. The summed E-state index contributed by atoms with van der Waals surface area (Å²) in [6, 6.07) is 2.51. The Hall–Kier alpha value is 0.137. The molecule has 0 aliphatic rings. The Morgan fingerprint density at radius 1 is 1.00 bits per heavy atom. The van der Waals surface area contributed by atoms with E-state index in [9.17, 15) is 0 Å². The maximum absolute atomic E-state index is 5.75. The summed E-state index contributed by atoms with van der Waals surface area (Å²) in [5.74, 6) is 0. The summed E-state index contributed by atoms with van der Waals surface area (Å²) in [6.07, 6.45) is 1.05. The third kappa shape index (κ3) is 6.82. The van der Waals surface area contributed by atoms with Gasteiger partial charge < -0.3 is 9.16 Å². The minimum atomic E-state index is -0.799. The van der Waals surface area contributed by atoms with Gasteiger partial charge in [0.05, 0.1) is 0 Å². The van der Waals surface area contributed by atoms with Gasteiger partial charge in [0, 0.05) is 19.8 Å². The molecule has 0 aliphatic carbocycles. The maximum atomic E-state index is 5.75. The molecule has 0 rings (SSSR count). The zero-order chi connectivity index (χ0) is 9.23. The zero-order valence-electron chi connectivity index (χ0n) is 8.64. The van der Waals surface area contributed by atoms with Crippen molar-refractivity contribution in [1.29, 1.82) is 0 Å². The molecule has 2 nitrogen and oxygen atoms in total. The Labute approximate surface area is 78.0 Å². The summed E-state index contributed by atoms with van der Waals surface area (Å²) in [7, 11) is -0.799. The Bertz CT molecular complexity index is 84.6. The molecule has 0 saturated heterocycles. The Balaban J connectivity index is 3.06. The van der Waals surface area contributed by atoms with Crippen molar-refractivity contribution in [3.05, 3.63) is 0 Å². The third-order valence-electron chi connectivity index (χ3n) is 1.90. The third-order valence-corrected chi connectivity index (χ3v) is 4.43. The molecule has 0 saturated carbocycles. The van der Waals surface area contributed by atoms with Crippen LogP contribution >= 0.6 is 0 Å². The van der Waals surface area contributed by atoms with Crippen LogP contribution in [0.25, 0.3) is 0 Å². The number of hydrogen-bond acceptors (Lipinski definition) is 2. The van der Waals surface area contributed by atoms with E-state index in [4.69, 9.17) is 9.16 Å². The van der Waals surface area contributed by atoms with Gasteiger partial charge >= 0.3 is 0 Å². The lowest BCUT2D eigenvalue weighted by molar-refractivity contribution is 0.130. The van der Waals surface area contributed by atoms with Gasteiger partial charge in [0.25, 0.3) is 0 Å². The molecule has 0 aromatic rings. The van der Waals surface area contributed by atoms with Crippen LogP contribution < -0.4 is 0 Å². The molecular weight excluding hydrogens is 168 g/mol. The zero-order valence-corrected chi connectivity index (χ0v) is 9.79. The molecular formula is C9H22O2Si. The highest BCUT2D eigenvalue weighted by Gasteiger charge is 2.04. The van der Waals surface area contributed by atoms with Gasteiger partial charge in [0.15, 0.2) is 9.04 Å². The van der Waals surface area contributed by atoms with Gasteiger partial charge in [-0.05, 0) is 25.4 Å². The molecule has 0 N–H and O–H groups in total. The highest BCUT2D eigenvalue weighted by molar-refractivity contribution is 6.51. The topological polar surface area (TPSA) is 18.5 Å². The van der Waals surface area contributed by atoms with Crippen LogP contribution in [0.15, 0.2) is 0 Å². The maximum Gasteiger partial charge on any atom is 0.176 e. The van der Waals surface area contributed by atoms with E-state index < -0.39 is 9.04 Å². The van der Waals surface area contributed by atoms with Gasteiger partial charge in [-0.15, -0.1) is 0 Å². The smallest absolute Gasteiger partial charge is 0.176 e. The minimum Gasteiger partial charge on any atom is -0.420 e. The highest BCUT2D eigenvalue weighted by atomic mass is 28.3. The molecule has 12 heavy (non-hydrogen) atoms. The fraction of sp³-hybridized carbons (Fsp3) is 1.00. The minimum absolute atomic E-state index is 0.799. The summed E-state index contributed by atoms with van der Waals surface area (Å²) in [6.45, 7) is 9.05. The largest absolute Gasteiger partial charge is 0.420 e. The molecule has 0 radical (unpaired) electrons. The normalized spacial score (nSPS) is 11.0. The fourth-order valence-corrected chi connectivity index (χ4v) is 2.63. The van der Waals surface area contributed by atoms with E-state index in [-0.39, 0.29) is 0 Å². The van der Waals surface area contributed by atoms with Gasteiger partial charge in [-0.1, -0.05) is 13.8 Å². The Morgan fingerprint density at radius 3 is 2.17 bits per heavy atom. The van der Waals surface area contributed by atoms with Crippen LogP contribution in [0.1, 0.15) is 27.2 Å². The number of ether oxygens (including phenoxy) is 1. The Kier molecular flexibility index (Phi) is 9.33. The van der Waals surface area contributed by atoms with Crippen molar-refractivity contribution in [2.45, 2.75) is 39.3 Å². The van der Waals surface area contributed by atoms with Crippen LogP contribution in [0.5, 0.6) is 0 Å². The molecule has 0 unspecified atom stereocenters. The standard InChI is InChI=1S/C9H22O2Si/c1-4-10-8-7-9-11-12(5-2)6-3/h12H,4-9H2,1-3H3. The molecule has 0 fully saturated rings. The molecule has 0 aliphatic heterocycles. The van der Waals surface area contributed by atoms with Gasteiger partial charge in [-0.2, -0.15) is 0 Å². The first-order valence-electron chi connectivity index (χ1n) is 5.04. The second kappa shape index (κ2) is 9.23. The average molecular weight is 190 g/mol. The lowest BCUT2D eigenvalue weighted by Gasteiger charge is -2.11. The summed E-state index contributed by atoms with van der Waals surface area (Å²) in [4.78, 5) is 0. The van der Waals surface area contributed by atoms with Crippen molar-refractivity contribution in [2.24, 2.45) is 0 Å². The van der Waals surface area contributed by atoms with E-state index >= 15 is 0 Å². The van der Waals surface area contributed by atoms with Crippen LogP contribution in [-0.2, 0) is 9.16 Å². The van der Waals surface area contributed by atoms with Gasteiger partial charge in [0.1, 0.15) is 0 Å². The highest BCUT2D eigenvalue weighted by Crippen LogP contribution is 2.00. The van der Waals surface area contributed by atoms with Crippen molar-refractivity contribution in [1.82, 2.24) is 0 Å². The van der Waals surface area contributed by atoms with E-state index in [1.165, 1.54) is 12.1 Å².